The van der Waals surface area contributed by atoms with Crippen molar-refractivity contribution >= 4 is 5.91 Å². The molecule has 4 heteroatoms. The van der Waals surface area contributed by atoms with Crippen LogP contribution in [0.15, 0.2) is 0 Å². The molecule has 0 aromatic heterocycles. The van der Waals surface area contributed by atoms with Crippen molar-refractivity contribution in [1.29, 1.82) is 0 Å². The van der Waals surface area contributed by atoms with Gasteiger partial charge < -0.3 is 15.4 Å². The number of hydrogen-bond donors (Lipinski definition) is 1. The molecular formula is C12H24N2O2. The zero-order chi connectivity index (χ0) is 12.0. The van der Waals surface area contributed by atoms with Gasteiger partial charge in [0.2, 0.25) is 5.91 Å². The third-order valence-corrected chi connectivity index (χ3v) is 3.54. The lowest BCUT2D eigenvalue weighted by molar-refractivity contribution is -0.144. The number of carbonyl (C=O) groups excluding carboxylic acids is 1. The second kappa shape index (κ2) is 6.21. The molecule has 1 fully saturated rings. The van der Waals surface area contributed by atoms with Crippen molar-refractivity contribution in [2.45, 2.75) is 44.6 Å². The highest BCUT2D eigenvalue weighted by molar-refractivity contribution is 5.77. The molecule has 0 aromatic carbocycles. The van der Waals surface area contributed by atoms with Gasteiger partial charge in [-0.15, -0.1) is 0 Å². The fourth-order valence-corrected chi connectivity index (χ4v) is 2.10. The minimum atomic E-state index is -0.234. The van der Waals surface area contributed by atoms with Gasteiger partial charge in [0.25, 0.3) is 0 Å². The van der Waals surface area contributed by atoms with E-state index in [9.17, 15) is 4.79 Å². The van der Waals surface area contributed by atoms with Crippen LogP contribution < -0.4 is 5.73 Å². The molecule has 1 aliphatic rings. The normalized spacial score (nSPS) is 19.4. The molecule has 0 aromatic rings. The Morgan fingerprint density at radius 3 is 2.50 bits per heavy atom. The number of carbonyl (C=O) groups is 1. The van der Waals surface area contributed by atoms with Crippen LogP contribution >= 0.6 is 0 Å². The maximum absolute atomic E-state index is 11.6. The Morgan fingerprint density at radius 1 is 1.38 bits per heavy atom. The van der Waals surface area contributed by atoms with Gasteiger partial charge in [0, 0.05) is 20.1 Å². The molecule has 0 radical (unpaired) electrons. The topological polar surface area (TPSA) is 55.6 Å². The predicted octanol–water partition coefficient (Wildman–Crippen LogP) is 1.14. The molecule has 4 nitrogen and oxygen atoms in total. The average molecular weight is 228 g/mol. The maximum atomic E-state index is 11.6. The van der Waals surface area contributed by atoms with E-state index in [0.717, 1.165) is 32.2 Å². The summed E-state index contributed by atoms with van der Waals surface area (Å²) in [5.41, 5.74) is 5.55. The fraction of sp³-hybridized carbons (Fsp3) is 0.917. The SMILES string of the molecule is CCN(C)C(=O)COC1(CN)CCCCC1. The summed E-state index contributed by atoms with van der Waals surface area (Å²) in [6, 6.07) is 0. The van der Waals surface area contributed by atoms with Crippen molar-refractivity contribution in [1.82, 2.24) is 4.90 Å². The van der Waals surface area contributed by atoms with E-state index in [0.29, 0.717) is 6.54 Å². The lowest BCUT2D eigenvalue weighted by atomic mass is 9.85. The first kappa shape index (κ1) is 13.5. The highest BCUT2D eigenvalue weighted by Crippen LogP contribution is 2.30. The van der Waals surface area contributed by atoms with Crippen LogP contribution in [-0.2, 0) is 9.53 Å². The molecule has 0 heterocycles. The van der Waals surface area contributed by atoms with Crippen LogP contribution in [0.1, 0.15) is 39.0 Å². The summed E-state index contributed by atoms with van der Waals surface area (Å²) in [7, 11) is 1.79. The van der Waals surface area contributed by atoms with Crippen LogP contribution in [0.25, 0.3) is 0 Å². The summed E-state index contributed by atoms with van der Waals surface area (Å²) in [6.07, 6.45) is 5.57. The minimum Gasteiger partial charge on any atom is -0.364 e. The summed E-state index contributed by atoms with van der Waals surface area (Å²) in [6.45, 7) is 3.37. The lowest BCUT2D eigenvalue weighted by Crippen LogP contribution is -2.45. The molecule has 0 aliphatic heterocycles. The predicted molar refractivity (Wildman–Crippen MR) is 64.1 cm³/mol. The van der Waals surface area contributed by atoms with Crippen LogP contribution in [0.2, 0.25) is 0 Å². The molecule has 0 unspecified atom stereocenters. The Bertz CT molecular complexity index is 225. The van der Waals surface area contributed by atoms with Gasteiger partial charge in [0.05, 0.1) is 5.60 Å². The molecule has 94 valence electrons. The Hall–Kier alpha value is -0.610. The molecule has 0 atom stereocenters. The van der Waals surface area contributed by atoms with Crippen molar-refractivity contribution in [3.63, 3.8) is 0 Å². The molecule has 2 N–H and O–H groups in total. The highest BCUT2D eigenvalue weighted by atomic mass is 16.5. The molecule has 16 heavy (non-hydrogen) atoms. The molecule has 1 amide bonds. The Balaban J connectivity index is 2.41. The Labute approximate surface area is 98.1 Å². The number of nitrogens with two attached hydrogens (primary N) is 1. The van der Waals surface area contributed by atoms with Crippen molar-refractivity contribution in [3.8, 4) is 0 Å². The number of nitrogens with zero attached hydrogens (tertiary/aromatic N) is 1. The summed E-state index contributed by atoms with van der Waals surface area (Å²) in [5.74, 6) is 0.0425. The molecule has 1 aliphatic carbocycles. The summed E-state index contributed by atoms with van der Waals surface area (Å²) >= 11 is 0. The van der Waals surface area contributed by atoms with Crippen molar-refractivity contribution in [2.75, 3.05) is 26.7 Å². The van der Waals surface area contributed by atoms with E-state index in [4.69, 9.17) is 10.5 Å². The van der Waals surface area contributed by atoms with E-state index in [-0.39, 0.29) is 18.1 Å². The standard InChI is InChI=1S/C12H24N2O2/c1-3-14(2)11(15)9-16-12(10-13)7-5-4-6-8-12/h3-10,13H2,1-2H3. The number of rotatable bonds is 5. The average Bonchev–Trinajstić information content (AvgIpc) is 2.36. The maximum Gasteiger partial charge on any atom is 0.248 e. The second-order valence-electron chi connectivity index (χ2n) is 4.64. The first-order valence-corrected chi connectivity index (χ1v) is 6.21. The van der Waals surface area contributed by atoms with E-state index in [1.807, 2.05) is 6.92 Å². The second-order valence-corrected chi connectivity index (χ2v) is 4.64. The fourth-order valence-electron chi connectivity index (χ4n) is 2.10. The number of hydrogen-bond acceptors (Lipinski definition) is 3. The summed E-state index contributed by atoms with van der Waals surface area (Å²) in [5, 5.41) is 0. The largest absolute Gasteiger partial charge is 0.364 e. The van der Waals surface area contributed by atoms with Crippen molar-refractivity contribution in [3.05, 3.63) is 0 Å². The summed E-state index contributed by atoms with van der Waals surface area (Å²) < 4.78 is 5.79. The third kappa shape index (κ3) is 3.46. The van der Waals surface area contributed by atoms with Crippen molar-refractivity contribution in [2.24, 2.45) is 5.73 Å². The van der Waals surface area contributed by atoms with E-state index in [1.165, 1.54) is 6.42 Å². The number of amides is 1. The molecule has 0 saturated heterocycles. The quantitative estimate of drug-likeness (QED) is 0.768. The van der Waals surface area contributed by atoms with Crippen LogP contribution in [-0.4, -0.2) is 43.2 Å². The van der Waals surface area contributed by atoms with Crippen molar-refractivity contribution < 1.29 is 9.53 Å². The minimum absolute atomic E-state index is 0.0425. The summed E-state index contributed by atoms with van der Waals surface area (Å²) in [4.78, 5) is 13.3. The van der Waals surface area contributed by atoms with Crippen LogP contribution in [0.3, 0.4) is 0 Å². The van der Waals surface area contributed by atoms with Gasteiger partial charge in [-0.3, -0.25) is 4.79 Å². The molecule has 0 bridgehead atoms. The number of ether oxygens (including phenoxy) is 1. The van der Waals surface area contributed by atoms with E-state index in [1.54, 1.807) is 11.9 Å². The van der Waals surface area contributed by atoms with Crippen LogP contribution in [0.4, 0.5) is 0 Å². The monoisotopic (exact) mass is 228 g/mol. The Morgan fingerprint density at radius 2 is 2.00 bits per heavy atom. The smallest absolute Gasteiger partial charge is 0.248 e. The third-order valence-electron chi connectivity index (χ3n) is 3.54. The first-order chi connectivity index (χ1) is 7.63. The zero-order valence-electron chi connectivity index (χ0n) is 10.5. The Kier molecular flexibility index (Phi) is 5.22. The molecule has 1 rings (SSSR count). The molecule has 0 spiro atoms. The van der Waals surface area contributed by atoms with Crippen LogP contribution in [0.5, 0.6) is 0 Å². The van der Waals surface area contributed by atoms with E-state index < -0.39 is 0 Å². The van der Waals surface area contributed by atoms with Gasteiger partial charge in [-0.1, -0.05) is 19.3 Å². The van der Waals surface area contributed by atoms with Crippen LogP contribution in [0, 0.1) is 0 Å². The molecule has 1 saturated carbocycles. The van der Waals surface area contributed by atoms with Gasteiger partial charge in [0.1, 0.15) is 6.61 Å². The van der Waals surface area contributed by atoms with Gasteiger partial charge in [0.15, 0.2) is 0 Å². The van der Waals surface area contributed by atoms with Gasteiger partial charge >= 0.3 is 0 Å². The zero-order valence-corrected chi connectivity index (χ0v) is 10.5. The van der Waals surface area contributed by atoms with E-state index >= 15 is 0 Å². The number of likely N-dealkylation sites (N-methyl/N-ethyl adjacent to an activating group) is 1. The first-order valence-electron chi connectivity index (χ1n) is 6.21. The van der Waals surface area contributed by atoms with Gasteiger partial charge in [-0.25, -0.2) is 0 Å². The van der Waals surface area contributed by atoms with Gasteiger partial charge in [-0.05, 0) is 19.8 Å². The highest BCUT2D eigenvalue weighted by Gasteiger charge is 2.32. The van der Waals surface area contributed by atoms with Gasteiger partial charge in [-0.2, -0.15) is 0 Å². The lowest BCUT2D eigenvalue weighted by Gasteiger charge is -2.36. The molecular weight excluding hydrogens is 204 g/mol. The van der Waals surface area contributed by atoms with E-state index in [2.05, 4.69) is 0 Å².